The molecule has 26 heavy (non-hydrogen) atoms. The highest BCUT2D eigenvalue weighted by molar-refractivity contribution is 6.04. The van der Waals surface area contributed by atoms with Gasteiger partial charge < -0.3 is 10.2 Å². The lowest BCUT2D eigenvalue weighted by molar-refractivity contribution is 0.102. The molecule has 2 aromatic heterocycles. The van der Waals surface area contributed by atoms with E-state index in [2.05, 4.69) is 35.7 Å². The zero-order valence-electron chi connectivity index (χ0n) is 14.1. The summed E-state index contributed by atoms with van der Waals surface area (Å²) in [6.07, 6.45) is 6.54. The van der Waals surface area contributed by atoms with Crippen molar-refractivity contribution in [2.75, 3.05) is 23.3 Å². The summed E-state index contributed by atoms with van der Waals surface area (Å²) in [5.41, 5.74) is 1.20. The van der Waals surface area contributed by atoms with E-state index >= 15 is 0 Å². The third kappa shape index (κ3) is 3.51. The zero-order valence-corrected chi connectivity index (χ0v) is 14.1. The molecule has 1 saturated heterocycles. The Kier molecular flexibility index (Phi) is 4.50. The van der Waals surface area contributed by atoms with Crippen LogP contribution in [-0.2, 0) is 0 Å². The summed E-state index contributed by atoms with van der Waals surface area (Å²) in [5.74, 6) is 1.08. The molecule has 3 heterocycles. The van der Waals surface area contributed by atoms with Crippen LogP contribution >= 0.6 is 0 Å². The SMILES string of the molecule is O=C(Nc1cc(N2CCCCC2)ncn1)c1cccc(-n2cnnn2)c1. The van der Waals surface area contributed by atoms with Crippen LogP contribution in [0.25, 0.3) is 5.69 Å². The summed E-state index contributed by atoms with van der Waals surface area (Å²) in [4.78, 5) is 23.3. The molecule has 0 atom stereocenters. The van der Waals surface area contributed by atoms with Crippen LogP contribution in [0.2, 0.25) is 0 Å². The highest BCUT2D eigenvalue weighted by Gasteiger charge is 2.14. The van der Waals surface area contributed by atoms with E-state index in [-0.39, 0.29) is 5.91 Å². The molecule has 0 saturated carbocycles. The van der Waals surface area contributed by atoms with Crippen LogP contribution in [0.1, 0.15) is 29.6 Å². The molecule has 9 heteroatoms. The van der Waals surface area contributed by atoms with Crippen LogP contribution in [0.4, 0.5) is 11.6 Å². The summed E-state index contributed by atoms with van der Waals surface area (Å²) in [6, 6.07) is 8.88. The molecule has 1 N–H and O–H groups in total. The number of amides is 1. The first kappa shape index (κ1) is 16.1. The predicted molar refractivity (Wildman–Crippen MR) is 95.2 cm³/mol. The molecular formula is C17H18N8O. The summed E-state index contributed by atoms with van der Waals surface area (Å²) >= 11 is 0. The molecule has 9 nitrogen and oxygen atoms in total. The number of hydrogen-bond donors (Lipinski definition) is 1. The Hall–Kier alpha value is -3.36. The molecule has 0 aliphatic carbocycles. The summed E-state index contributed by atoms with van der Waals surface area (Å²) in [5, 5.41) is 13.9. The van der Waals surface area contributed by atoms with Gasteiger partial charge in [-0.2, -0.15) is 0 Å². The Morgan fingerprint density at radius 2 is 1.96 bits per heavy atom. The number of rotatable bonds is 4. The molecule has 0 unspecified atom stereocenters. The minimum atomic E-state index is -0.247. The van der Waals surface area contributed by atoms with Gasteiger partial charge in [0.15, 0.2) is 0 Å². The van der Waals surface area contributed by atoms with Gasteiger partial charge in [0, 0.05) is 24.7 Å². The minimum Gasteiger partial charge on any atom is -0.356 e. The van der Waals surface area contributed by atoms with Gasteiger partial charge in [0.2, 0.25) is 0 Å². The van der Waals surface area contributed by atoms with E-state index in [4.69, 9.17) is 0 Å². The average molecular weight is 350 g/mol. The quantitative estimate of drug-likeness (QED) is 0.764. The van der Waals surface area contributed by atoms with E-state index in [1.54, 1.807) is 18.2 Å². The van der Waals surface area contributed by atoms with Gasteiger partial charge in [-0.05, 0) is 47.9 Å². The number of piperidine rings is 1. The lowest BCUT2D eigenvalue weighted by Crippen LogP contribution is -2.30. The average Bonchev–Trinajstić information content (AvgIpc) is 3.24. The number of carbonyl (C=O) groups is 1. The van der Waals surface area contributed by atoms with Crippen LogP contribution in [0.3, 0.4) is 0 Å². The smallest absolute Gasteiger partial charge is 0.256 e. The summed E-state index contributed by atoms with van der Waals surface area (Å²) in [7, 11) is 0. The first-order valence-electron chi connectivity index (χ1n) is 8.51. The number of anilines is 2. The van der Waals surface area contributed by atoms with Crippen molar-refractivity contribution in [1.29, 1.82) is 0 Å². The van der Waals surface area contributed by atoms with Gasteiger partial charge in [-0.3, -0.25) is 4.79 Å². The Morgan fingerprint density at radius 3 is 2.77 bits per heavy atom. The van der Waals surface area contributed by atoms with E-state index in [9.17, 15) is 4.79 Å². The van der Waals surface area contributed by atoms with Crippen LogP contribution in [-0.4, -0.2) is 49.2 Å². The van der Waals surface area contributed by atoms with Crippen LogP contribution in [0.5, 0.6) is 0 Å². The van der Waals surface area contributed by atoms with Gasteiger partial charge in [0.1, 0.15) is 24.3 Å². The topological polar surface area (TPSA) is 102 Å². The molecule has 132 valence electrons. The van der Waals surface area contributed by atoms with Crippen molar-refractivity contribution in [2.24, 2.45) is 0 Å². The Bertz CT molecular complexity index is 889. The normalized spacial score (nSPS) is 14.2. The van der Waals surface area contributed by atoms with Crippen molar-refractivity contribution >= 4 is 17.5 Å². The molecular weight excluding hydrogens is 332 g/mol. The van der Waals surface area contributed by atoms with Crippen LogP contribution < -0.4 is 10.2 Å². The van der Waals surface area contributed by atoms with Crippen LogP contribution in [0.15, 0.2) is 43.0 Å². The van der Waals surface area contributed by atoms with E-state index in [0.717, 1.165) is 31.7 Å². The predicted octanol–water partition coefficient (Wildman–Crippen LogP) is 1.69. The number of nitrogens with zero attached hydrogens (tertiary/aromatic N) is 7. The third-order valence-corrected chi connectivity index (χ3v) is 4.30. The second-order valence-corrected chi connectivity index (χ2v) is 6.07. The van der Waals surface area contributed by atoms with Crippen molar-refractivity contribution < 1.29 is 4.79 Å². The van der Waals surface area contributed by atoms with Crippen molar-refractivity contribution in [2.45, 2.75) is 19.3 Å². The molecule has 0 bridgehead atoms. The highest BCUT2D eigenvalue weighted by Crippen LogP contribution is 2.19. The van der Waals surface area contributed by atoms with Crippen molar-refractivity contribution in [1.82, 2.24) is 30.2 Å². The Balaban J connectivity index is 1.50. The highest BCUT2D eigenvalue weighted by atomic mass is 16.1. The first-order valence-corrected chi connectivity index (χ1v) is 8.51. The molecule has 0 spiro atoms. The lowest BCUT2D eigenvalue weighted by atomic mass is 10.1. The molecule has 3 aromatic rings. The molecule has 0 radical (unpaired) electrons. The number of nitrogens with one attached hydrogen (secondary N) is 1. The fourth-order valence-electron chi connectivity index (χ4n) is 2.97. The largest absolute Gasteiger partial charge is 0.356 e. The second kappa shape index (κ2) is 7.26. The van der Waals surface area contributed by atoms with Gasteiger partial charge >= 0.3 is 0 Å². The number of tetrazole rings is 1. The molecule has 1 fully saturated rings. The first-order chi connectivity index (χ1) is 12.8. The summed E-state index contributed by atoms with van der Waals surface area (Å²) in [6.45, 7) is 1.97. The van der Waals surface area contributed by atoms with Gasteiger partial charge in [-0.15, -0.1) is 5.10 Å². The van der Waals surface area contributed by atoms with Crippen molar-refractivity contribution in [3.8, 4) is 5.69 Å². The van der Waals surface area contributed by atoms with Crippen LogP contribution in [0, 0.1) is 0 Å². The van der Waals surface area contributed by atoms with Gasteiger partial charge in [-0.25, -0.2) is 14.6 Å². The Labute approximate surface area is 150 Å². The monoisotopic (exact) mass is 350 g/mol. The molecule has 1 amide bonds. The standard InChI is InChI=1S/C17H18N8O/c26-17(13-5-4-6-14(9-13)25-12-20-22-23-25)21-15-10-16(19-11-18-15)24-7-2-1-3-8-24/h4-6,9-12H,1-3,7-8H2,(H,18,19,21,26). The fourth-order valence-corrected chi connectivity index (χ4v) is 2.97. The maximum Gasteiger partial charge on any atom is 0.256 e. The molecule has 1 aromatic carbocycles. The number of carbonyl (C=O) groups excluding carboxylic acids is 1. The zero-order chi connectivity index (χ0) is 17.8. The van der Waals surface area contributed by atoms with E-state index in [1.165, 1.54) is 23.8 Å². The van der Waals surface area contributed by atoms with E-state index < -0.39 is 0 Å². The third-order valence-electron chi connectivity index (χ3n) is 4.30. The molecule has 1 aliphatic rings. The lowest BCUT2D eigenvalue weighted by Gasteiger charge is -2.27. The molecule has 1 aliphatic heterocycles. The second-order valence-electron chi connectivity index (χ2n) is 6.07. The number of aromatic nitrogens is 6. The van der Waals surface area contributed by atoms with Gasteiger partial charge in [0.05, 0.1) is 5.69 Å². The fraction of sp³-hybridized carbons (Fsp3) is 0.294. The van der Waals surface area contributed by atoms with Crippen molar-refractivity contribution in [3.63, 3.8) is 0 Å². The summed E-state index contributed by atoms with van der Waals surface area (Å²) < 4.78 is 1.50. The van der Waals surface area contributed by atoms with Gasteiger partial charge in [-0.1, -0.05) is 6.07 Å². The minimum absolute atomic E-state index is 0.247. The molecule has 4 rings (SSSR count). The number of benzene rings is 1. The van der Waals surface area contributed by atoms with Gasteiger partial charge in [0.25, 0.3) is 5.91 Å². The maximum atomic E-state index is 12.6. The van der Waals surface area contributed by atoms with Crippen molar-refractivity contribution in [3.05, 3.63) is 48.5 Å². The van der Waals surface area contributed by atoms with E-state index in [1.807, 2.05) is 12.1 Å². The Morgan fingerprint density at radius 1 is 1.08 bits per heavy atom. The number of hydrogen-bond acceptors (Lipinski definition) is 7. The maximum absolute atomic E-state index is 12.6. The van der Waals surface area contributed by atoms with E-state index in [0.29, 0.717) is 17.1 Å².